The van der Waals surface area contributed by atoms with Crippen LogP contribution in [-0.2, 0) is 0 Å². The molecule has 0 saturated carbocycles. The molecule has 4 nitrogen and oxygen atoms in total. The Bertz CT molecular complexity index is 1220. The van der Waals surface area contributed by atoms with Crippen molar-refractivity contribution < 1.29 is 9.90 Å². The van der Waals surface area contributed by atoms with E-state index in [0.29, 0.717) is 5.39 Å². The van der Waals surface area contributed by atoms with Crippen LogP contribution in [0.2, 0.25) is 0 Å². The Morgan fingerprint density at radius 1 is 0.578 bits per heavy atom. The summed E-state index contributed by atoms with van der Waals surface area (Å²) in [4.78, 5) is 15.5. The summed E-state index contributed by atoms with van der Waals surface area (Å²) in [5, 5.41) is 13.1. The number of fused-ring (bicyclic) bond motifs is 1. The molecule has 3 aromatic rings. The van der Waals surface area contributed by atoms with Crippen molar-refractivity contribution in [2.24, 2.45) is 5.73 Å². The predicted molar refractivity (Wildman–Crippen MR) is 195 cm³/mol. The van der Waals surface area contributed by atoms with Crippen LogP contribution in [0.1, 0.15) is 153 Å². The van der Waals surface area contributed by atoms with Crippen LogP contribution in [0.25, 0.3) is 21.9 Å². The third-order valence-electron chi connectivity index (χ3n) is 9.35. The molecule has 4 heteroatoms. The van der Waals surface area contributed by atoms with Crippen LogP contribution < -0.4 is 10.6 Å². The summed E-state index contributed by atoms with van der Waals surface area (Å²) in [7, 11) is 0. The van der Waals surface area contributed by atoms with Gasteiger partial charge in [0.2, 0.25) is 0 Å². The lowest BCUT2D eigenvalue weighted by Gasteiger charge is -2.31. The zero-order valence-electron chi connectivity index (χ0n) is 28.6. The maximum absolute atomic E-state index is 13.0. The Balaban J connectivity index is 1.78. The second-order valence-corrected chi connectivity index (χ2v) is 13.1. The number of benzene rings is 3. The van der Waals surface area contributed by atoms with Gasteiger partial charge in [0.05, 0.1) is 11.3 Å². The Morgan fingerprint density at radius 3 is 1.42 bits per heavy atom. The summed E-state index contributed by atoms with van der Waals surface area (Å²) in [6, 6.07) is 18.0. The molecule has 248 valence electrons. The van der Waals surface area contributed by atoms with Gasteiger partial charge < -0.3 is 15.7 Å². The number of anilines is 1. The molecule has 0 aromatic heterocycles. The highest BCUT2D eigenvalue weighted by atomic mass is 16.3. The highest BCUT2D eigenvalue weighted by Gasteiger charge is 2.26. The van der Waals surface area contributed by atoms with Gasteiger partial charge >= 0.3 is 0 Å². The first-order valence-corrected chi connectivity index (χ1v) is 18.5. The predicted octanol–water partition coefficient (Wildman–Crippen LogP) is 12.0. The molecule has 0 radical (unpaired) electrons. The molecule has 0 unspecified atom stereocenters. The van der Waals surface area contributed by atoms with Crippen LogP contribution in [0.15, 0.2) is 54.6 Å². The molecule has 0 fully saturated rings. The molecule has 0 aliphatic heterocycles. The molecule has 0 atom stereocenters. The minimum absolute atomic E-state index is 0.0153. The molecular formula is C41H62N2O2. The van der Waals surface area contributed by atoms with Crippen molar-refractivity contribution in [3.63, 3.8) is 0 Å². The average Bonchev–Trinajstić information content (AvgIpc) is 3.06. The summed E-state index contributed by atoms with van der Waals surface area (Å²) in [5.41, 5.74) is 8.95. The molecule has 3 N–H and O–H groups in total. The van der Waals surface area contributed by atoms with E-state index in [1.807, 2.05) is 48.5 Å². The Kier molecular flexibility index (Phi) is 17.6. The molecule has 0 saturated heterocycles. The summed E-state index contributed by atoms with van der Waals surface area (Å²) in [5.74, 6) is -0.602. The number of unbranched alkanes of at least 4 members (excludes halogenated alkanes) is 18. The van der Waals surface area contributed by atoms with E-state index >= 15 is 0 Å². The van der Waals surface area contributed by atoms with Crippen LogP contribution in [0.4, 0.5) is 5.69 Å². The number of carbonyl (C=O) groups excluding carboxylic acids is 1. The van der Waals surface area contributed by atoms with Crippen molar-refractivity contribution >= 4 is 22.4 Å². The van der Waals surface area contributed by atoms with Gasteiger partial charge in [0.1, 0.15) is 5.75 Å². The second kappa shape index (κ2) is 21.7. The van der Waals surface area contributed by atoms with E-state index in [-0.39, 0.29) is 11.3 Å². The van der Waals surface area contributed by atoms with Gasteiger partial charge in [-0.1, -0.05) is 184 Å². The maximum Gasteiger partial charge on any atom is 0.253 e. The number of primary amides is 1. The molecule has 45 heavy (non-hydrogen) atoms. The molecule has 1 amide bonds. The zero-order valence-corrected chi connectivity index (χ0v) is 28.6. The van der Waals surface area contributed by atoms with Gasteiger partial charge in [-0.25, -0.2) is 0 Å². The van der Waals surface area contributed by atoms with E-state index in [0.717, 1.165) is 48.1 Å². The Morgan fingerprint density at radius 2 is 0.978 bits per heavy atom. The normalized spacial score (nSPS) is 11.3. The minimum atomic E-state index is -0.587. The number of nitrogens with zero attached hydrogens (tertiary/aromatic N) is 1. The number of aromatic hydroxyl groups is 1. The van der Waals surface area contributed by atoms with E-state index < -0.39 is 5.91 Å². The largest absolute Gasteiger partial charge is 0.506 e. The highest BCUT2D eigenvalue weighted by molar-refractivity contribution is 6.16. The molecule has 0 bridgehead atoms. The Labute approximate surface area is 274 Å². The average molecular weight is 615 g/mol. The minimum Gasteiger partial charge on any atom is -0.506 e. The van der Waals surface area contributed by atoms with Crippen molar-refractivity contribution in [2.45, 2.75) is 142 Å². The molecule has 3 rings (SSSR count). The lowest BCUT2D eigenvalue weighted by atomic mass is 9.90. The topological polar surface area (TPSA) is 66.6 Å². The Hall–Kier alpha value is -3.01. The summed E-state index contributed by atoms with van der Waals surface area (Å²) >= 11 is 0. The van der Waals surface area contributed by atoms with Gasteiger partial charge in [-0.2, -0.15) is 0 Å². The summed E-state index contributed by atoms with van der Waals surface area (Å²) in [6.07, 6.45) is 26.1. The number of rotatable bonds is 25. The van der Waals surface area contributed by atoms with Crippen molar-refractivity contribution in [3.8, 4) is 16.9 Å². The maximum atomic E-state index is 13.0. The van der Waals surface area contributed by atoms with Crippen LogP contribution >= 0.6 is 0 Å². The van der Waals surface area contributed by atoms with Crippen LogP contribution in [0, 0.1) is 0 Å². The molecular weight excluding hydrogens is 552 g/mol. The zero-order chi connectivity index (χ0) is 32.1. The van der Waals surface area contributed by atoms with Crippen LogP contribution in [0.5, 0.6) is 5.75 Å². The van der Waals surface area contributed by atoms with Crippen molar-refractivity contribution in [1.29, 1.82) is 0 Å². The number of amides is 1. The van der Waals surface area contributed by atoms with Crippen LogP contribution in [-0.4, -0.2) is 24.1 Å². The summed E-state index contributed by atoms with van der Waals surface area (Å²) < 4.78 is 0. The number of phenols is 1. The first-order valence-electron chi connectivity index (χ1n) is 18.5. The fourth-order valence-electron chi connectivity index (χ4n) is 6.77. The monoisotopic (exact) mass is 614 g/mol. The number of hydrogen-bond donors (Lipinski definition) is 2. The van der Waals surface area contributed by atoms with Gasteiger partial charge in [-0.05, 0) is 18.4 Å². The van der Waals surface area contributed by atoms with E-state index in [4.69, 9.17) is 5.73 Å². The van der Waals surface area contributed by atoms with E-state index in [1.54, 1.807) is 0 Å². The van der Waals surface area contributed by atoms with Gasteiger partial charge in [-0.15, -0.1) is 0 Å². The second-order valence-electron chi connectivity index (χ2n) is 13.1. The first kappa shape index (κ1) is 36.5. The van der Waals surface area contributed by atoms with E-state index in [2.05, 4.69) is 24.8 Å². The van der Waals surface area contributed by atoms with E-state index in [9.17, 15) is 9.90 Å². The van der Waals surface area contributed by atoms with Gasteiger partial charge in [0.25, 0.3) is 5.91 Å². The smallest absolute Gasteiger partial charge is 0.253 e. The van der Waals surface area contributed by atoms with Gasteiger partial charge in [0.15, 0.2) is 0 Å². The lowest BCUT2D eigenvalue weighted by Crippen LogP contribution is -2.28. The molecule has 0 aliphatic rings. The number of carbonyl (C=O) groups is 1. The van der Waals surface area contributed by atoms with Gasteiger partial charge in [0, 0.05) is 29.4 Å². The van der Waals surface area contributed by atoms with Crippen molar-refractivity contribution in [2.75, 3.05) is 18.0 Å². The molecule has 0 spiro atoms. The van der Waals surface area contributed by atoms with E-state index in [1.165, 1.54) is 116 Å². The fraction of sp³-hybridized carbons (Fsp3) is 0.585. The third-order valence-corrected chi connectivity index (χ3v) is 9.35. The molecule has 0 heterocycles. The van der Waals surface area contributed by atoms with Gasteiger partial charge in [-0.3, -0.25) is 4.79 Å². The number of hydrogen-bond acceptors (Lipinski definition) is 3. The van der Waals surface area contributed by atoms with Crippen molar-refractivity contribution in [1.82, 2.24) is 0 Å². The number of nitrogens with two attached hydrogens (primary N) is 1. The fourth-order valence-corrected chi connectivity index (χ4v) is 6.77. The molecule has 0 aliphatic carbocycles. The SMILES string of the molecule is CCCCCCCCCCCCN(CCCCCCCCCCCC)c1c(-c2ccccc2)c(C(N)=O)c(O)c2ccccc12. The first-order chi connectivity index (χ1) is 22.1. The highest BCUT2D eigenvalue weighted by Crippen LogP contribution is 2.46. The third kappa shape index (κ3) is 12.0. The summed E-state index contributed by atoms with van der Waals surface area (Å²) in [6.45, 7) is 6.41. The van der Waals surface area contributed by atoms with Crippen LogP contribution in [0.3, 0.4) is 0 Å². The standard InChI is InChI=1S/C41H62N2O2/c1-3-5-7-9-11-13-15-17-19-26-32-43(33-27-20-18-16-14-12-10-8-6-4-2)39-35-30-24-25-31-36(35)40(44)38(41(42)45)37(39)34-28-22-21-23-29-34/h21-25,28-31,44H,3-20,26-27,32-33H2,1-2H3,(H2,42,45). The lowest BCUT2D eigenvalue weighted by molar-refractivity contribution is 0.0998. The van der Waals surface area contributed by atoms with Crippen molar-refractivity contribution in [3.05, 3.63) is 60.2 Å². The quantitative estimate of drug-likeness (QED) is 0.0933. The molecule has 3 aromatic carbocycles.